The molecule has 0 aromatic heterocycles. The van der Waals surface area contributed by atoms with Gasteiger partial charge in [0.25, 0.3) is 0 Å². The zero-order valence-electron chi connectivity index (χ0n) is 9.18. The molecule has 92 valence electrons. The van der Waals surface area contributed by atoms with Gasteiger partial charge in [-0.3, -0.25) is 0 Å². The van der Waals surface area contributed by atoms with Gasteiger partial charge in [-0.2, -0.15) is 0 Å². The Hall–Kier alpha value is -0.820. The second-order valence-corrected chi connectivity index (χ2v) is 6.46. The summed E-state index contributed by atoms with van der Waals surface area (Å²) in [6.45, 7) is 3.73. The Morgan fingerprint density at radius 1 is 0.938 bits per heavy atom. The molecule has 2 amide bonds. The molecule has 0 aromatic rings. The Bertz CT molecular complexity index is 348. The van der Waals surface area contributed by atoms with E-state index in [9.17, 15) is 13.2 Å². The monoisotopic (exact) mass is 247 g/mol. The number of carbonyl (C=O) groups excluding carboxylic acids is 1. The summed E-state index contributed by atoms with van der Waals surface area (Å²) in [5, 5.41) is 3.18. The zero-order chi connectivity index (χ0) is 11.6. The topological polar surface area (TPSA) is 69.7 Å². The molecule has 1 N–H and O–H groups in total. The quantitative estimate of drug-likeness (QED) is 0.580. The van der Waals surface area contributed by atoms with E-state index in [2.05, 4.69) is 5.32 Å². The van der Waals surface area contributed by atoms with E-state index < -0.39 is 9.84 Å². The molecule has 0 unspecified atom stereocenters. The van der Waals surface area contributed by atoms with Gasteiger partial charge in [0.05, 0.1) is 11.5 Å². The van der Waals surface area contributed by atoms with Gasteiger partial charge in [-0.15, -0.1) is 0 Å². The fraction of sp³-hybridized carbons (Fsp3) is 0.889. The summed E-state index contributed by atoms with van der Waals surface area (Å²) in [7, 11) is -2.90. The molecular weight excluding hydrogens is 230 g/mol. The van der Waals surface area contributed by atoms with Crippen molar-refractivity contribution < 1.29 is 13.2 Å². The van der Waals surface area contributed by atoms with Crippen LogP contribution in [-0.4, -0.2) is 75.0 Å². The van der Waals surface area contributed by atoms with Crippen molar-refractivity contribution in [2.75, 3.05) is 50.8 Å². The Labute approximate surface area is 95.5 Å². The number of sulfone groups is 1. The lowest BCUT2D eigenvalue weighted by molar-refractivity contribution is 0.150. The molecule has 2 saturated heterocycles. The second-order valence-electron chi connectivity index (χ2n) is 4.16. The highest BCUT2D eigenvalue weighted by atomic mass is 32.2. The Morgan fingerprint density at radius 3 is 2.00 bits per heavy atom. The molecule has 2 aliphatic rings. The van der Waals surface area contributed by atoms with Crippen molar-refractivity contribution in [3.05, 3.63) is 0 Å². The molecule has 16 heavy (non-hydrogen) atoms. The van der Waals surface area contributed by atoms with Crippen LogP contribution in [0, 0.1) is 0 Å². The number of hydrogen-bond acceptors (Lipinski definition) is 4. The summed E-state index contributed by atoms with van der Waals surface area (Å²) in [4.78, 5) is 15.4. The van der Waals surface area contributed by atoms with Crippen molar-refractivity contribution in [3.63, 3.8) is 0 Å². The number of rotatable bonds is 0. The van der Waals surface area contributed by atoms with Crippen molar-refractivity contribution in [1.29, 1.82) is 0 Å². The molecule has 0 aromatic carbocycles. The van der Waals surface area contributed by atoms with E-state index in [1.54, 1.807) is 9.80 Å². The molecule has 6 nitrogen and oxygen atoms in total. The third kappa shape index (κ3) is 2.65. The fourth-order valence-corrected chi connectivity index (χ4v) is 3.16. The molecule has 0 aliphatic carbocycles. The van der Waals surface area contributed by atoms with Crippen LogP contribution in [-0.2, 0) is 9.84 Å². The van der Waals surface area contributed by atoms with Gasteiger partial charge in [-0.05, 0) is 0 Å². The first kappa shape index (κ1) is 11.7. The summed E-state index contributed by atoms with van der Waals surface area (Å²) in [6.07, 6.45) is 0. The predicted octanol–water partition coefficient (Wildman–Crippen LogP) is -1.26. The average Bonchev–Trinajstić information content (AvgIpc) is 2.29. The van der Waals surface area contributed by atoms with E-state index in [4.69, 9.17) is 0 Å². The van der Waals surface area contributed by atoms with Crippen LogP contribution in [0.25, 0.3) is 0 Å². The van der Waals surface area contributed by atoms with Crippen LogP contribution < -0.4 is 5.32 Å². The van der Waals surface area contributed by atoms with E-state index in [-0.39, 0.29) is 17.5 Å². The fourth-order valence-electron chi connectivity index (χ4n) is 1.96. The van der Waals surface area contributed by atoms with E-state index in [0.29, 0.717) is 26.2 Å². The van der Waals surface area contributed by atoms with Crippen molar-refractivity contribution >= 4 is 15.9 Å². The van der Waals surface area contributed by atoms with Crippen LogP contribution in [0.15, 0.2) is 0 Å². The van der Waals surface area contributed by atoms with Gasteiger partial charge in [0.2, 0.25) is 0 Å². The molecule has 0 spiro atoms. The molecule has 2 heterocycles. The molecule has 0 bridgehead atoms. The van der Waals surface area contributed by atoms with Crippen LogP contribution in [0.4, 0.5) is 4.79 Å². The largest absolute Gasteiger partial charge is 0.323 e. The minimum atomic E-state index is -2.90. The lowest BCUT2D eigenvalue weighted by Crippen LogP contribution is -2.54. The highest BCUT2D eigenvalue weighted by Gasteiger charge is 2.28. The maximum Gasteiger partial charge on any atom is 0.320 e. The number of carbonyl (C=O) groups is 1. The van der Waals surface area contributed by atoms with Gasteiger partial charge in [-0.25, -0.2) is 13.2 Å². The molecule has 7 heteroatoms. The number of hydrogen-bond donors (Lipinski definition) is 1. The van der Waals surface area contributed by atoms with Crippen LogP contribution in [0.5, 0.6) is 0 Å². The van der Waals surface area contributed by atoms with Crippen LogP contribution in [0.2, 0.25) is 0 Å². The molecule has 0 saturated carbocycles. The summed E-state index contributed by atoms with van der Waals surface area (Å²) in [5.74, 6) is 0.204. The number of piperazine rings is 1. The maximum atomic E-state index is 12.0. The second kappa shape index (κ2) is 4.58. The van der Waals surface area contributed by atoms with Gasteiger partial charge in [0.15, 0.2) is 9.84 Å². The highest BCUT2D eigenvalue weighted by Crippen LogP contribution is 2.07. The lowest BCUT2D eigenvalue weighted by Gasteiger charge is -2.34. The minimum absolute atomic E-state index is 0.0172. The van der Waals surface area contributed by atoms with E-state index in [1.807, 2.05) is 0 Å². The first-order chi connectivity index (χ1) is 7.58. The number of nitrogens with one attached hydrogen (secondary N) is 1. The normalized spacial score (nSPS) is 25.5. The van der Waals surface area contributed by atoms with E-state index in [1.165, 1.54) is 0 Å². The summed E-state index contributed by atoms with van der Waals surface area (Å²) in [6, 6.07) is -0.0172. The molecule has 0 atom stereocenters. The van der Waals surface area contributed by atoms with Gasteiger partial charge in [0, 0.05) is 39.3 Å². The van der Waals surface area contributed by atoms with Crippen molar-refractivity contribution in [1.82, 2.24) is 15.1 Å². The molecule has 2 rings (SSSR count). The Morgan fingerprint density at radius 2 is 1.44 bits per heavy atom. The number of urea groups is 1. The van der Waals surface area contributed by atoms with Crippen LogP contribution >= 0.6 is 0 Å². The van der Waals surface area contributed by atoms with Crippen LogP contribution in [0.1, 0.15) is 0 Å². The van der Waals surface area contributed by atoms with Crippen LogP contribution in [0.3, 0.4) is 0 Å². The van der Waals surface area contributed by atoms with Gasteiger partial charge in [0.1, 0.15) is 0 Å². The minimum Gasteiger partial charge on any atom is -0.323 e. The summed E-state index contributed by atoms with van der Waals surface area (Å²) in [5.41, 5.74) is 0. The maximum absolute atomic E-state index is 12.0. The van der Waals surface area contributed by atoms with Crippen molar-refractivity contribution in [2.24, 2.45) is 0 Å². The van der Waals surface area contributed by atoms with Crippen molar-refractivity contribution in [3.8, 4) is 0 Å². The zero-order valence-corrected chi connectivity index (χ0v) is 10.0. The molecule has 2 fully saturated rings. The Kier molecular flexibility index (Phi) is 3.34. The predicted molar refractivity (Wildman–Crippen MR) is 60.1 cm³/mol. The third-order valence-corrected chi connectivity index (χ3v) is 4.61. The van der Waals surface area contributed by atoms with Gasteiger partial charge in [-0.1, -0.05) is 0 Å². The third-order valence-electron chi connectivity index (χ3n) is 3.00. The summed E-state index contributed by atoms with van der Waals surface area (Å²) < 4.78 is 22.5. The standard InChI is InChI=1S/C9H17N3O3S/c13-9(11-3-1-10-2-4-11)12-5-7-16(14,15)8-6-12/h10H,1-8H2. The van der Waals surface area contributed by atoms with Crippen molar-refractivity contribution in [2.45, 2.75) is 0 Å². The summed E-state index contributed by atoms with van der Waals surface area (Å²) >= 11 is 0. The lowest BCUT2D eigenvalue weighted by atomic mass is 10.4. The molecular formula is C9H17N3O3S. The highest BCUT2D eigenvalue weighted by molar-refractivity contribution is 7.91. The first-order valence-corrected chi connectivity index (χ1v) is 7.36. The average molecular weight is 247 g/mol. The molecule has 0 radical (unpaired) electrons. The number of amides is 2. The SMILES string of the molecule is O=C(N1CCNCC1)N1CCS(=O)(=O)CC1. The molecule has 2 aliphatic heterocycles. The van der Waals surface area contributed by atoms with Gasteiger partial charge >= 0.3 is 6.03 Å². The first-order valence-electron chi connectivity index (χ1n) is 5.53. The van der Waals surface area contributed by atoms with E-state index in [0.717, 1.165) is 13.1 Å². The Balaban J connectivity index is 1.90. The van der Waals surface area contributed by atoms with E-state index >= 15 is 0 Å². The number of nitrogens with zero attached hydrogens (tertiary/aromatic N) is 2. The van der Waals surface area contributed by atoms with Gasteiger partial charge < -0.3 is 15.1 Å². The smallest absolute Gasteiger partial charge is 0.320 e.